The van der Waals surface area contributed by atoms with E-state index in [1.807, 2.05) is 0 Å². The van der Waals surface area contributed by atoms with E-state index in [2.05, 4.69) is 0 Å². The number of nitrogens with zero attached hydrogens (tertiary/aromatic N) is 1. The van der Waals surface area contributed by atoms with Crippen LogP contribution in [-0.4, -0.2) is 30.9 Å². The number of amides is 1. The first-order valence-corrected chi connectivity index (χ1v) is 1.39. The van der Waals surface area contributed by atoms with Crippen LogP contribution < -0.4 is 29.6 Å². The van der Waals surface area contributed by atoms with Crippen molar-refractivity contribution in [1.82, 2.24) is 4.90 Å². The number of rotatable bonds is 1. The van der Waals surface area contributed by atoms with Gasteiger partial charge in [0, 0.05) is 14.1 Å². The minimum atomic E-state index is 0. The van der Waals surface area contributed by atoms with Gasteiger partial charge in [-0.05, 0) is 0 Å². The molecule has 1 amide bonds. The Bertz CT molecular complexity index is 39.9. The largest absolute Gasteiger partial charge is 1.00 e. The van der Waals surface area contributed by atoms with Crippen LogP contribution in [0.1, 0.15) is 0 Å². The van der Waals surface area contributed by atoms with Gasteiger partial charge in [0.05, 0.1) is 0 Å². The van der Waals surface area contributed by atoms with Crippen molar-refractivity contribution in [3.63, 3.8) is 0 Å². The fourth-order valence-corrected chi connectivity index (χ4v) is 0. The molecule has 0 unspecified atom stereocenters. The first kappa shape index (κ1) is 15.7. The Kier molecular flexibility index (Phi) is 21.6. The van der Waals surface area contributed by atoms with Crippen LogP contribution in [-0.2, 0) is 4.79 Å². The van der Waals surface area contributed by atoms with Gasteiger partial charge in [-0.2, -0.15) is 0 Å². The van der Waals surface area contributed by atoms with Gasteiger partial charge in [-0.3, -0.25) is 4.79 Å². The summed E-state index contributed by atoms with van der Waals surface area (Å²) in [5, 5.41) is 0. The van der Waals surface area contributed by atoms with Crippen LogP contribution in [0.5, 0.6) is 0 Å². The molecule has 7 heavy (non-hydrogen) atoms. The van der Waals surface area contributed by atoms with E-state index < -0.39 is 0 Å². The van der Waals surface area contributed by atoms with Crippen LogP contribution in [0, 0.1) is 0 Å². The standard InChI is InChI=1S/C3H7NO.Na.H2O/c1-4(2)3-5;;/h3H,1-2H3;;1H2/q;+1;/p-1. The maximum absolute atomic E-state index is 9.43. The predicted octanol–water partition coefficient (Wildman–Crippen LogP) is -3.47. The molecule has 4 heteroatoms. The summed E-state index contributed by atoms with van der Waals surface area (Å²) in [5.74, 6) is 0. The quantitative estimate of drug-likeness (QED) is 0.262. The van der Waals surface area contributed by atoms with Crippen molar-refractivity contribution in [2.45, 2.75) is 0 Å². The summed E-state index contributed by atoms with van der Waals surface area (Å²) in [6, 6.07) is 0. The second-order valence-corrected chi connectivity index (χ2v) is 1.07. The van der Waals surface area contributed by atoms with Crippen molar-refractivity contribution in [2.75, 3.05) is 14.1 Å². The molecule has 0 aliphatic rings. The Balaban J connectivity index is -0.0000000800. The maximum atomic E-state index is 9.43. The number of hydrogen-bond acceptors (Lipinski definition) is 2. The summed E-state index contributed by atoms with van der Waals surface area (Å²) in [6.45, 7) is 0. The summed E-state index contributed by atoms with van der Waals surface area (Å²) >= 11 is 0. The van der Waals surface area contributed by atoms with E-state index in [1.54, 1.807) is 14.1 Å². The number of hydrogen-bond donors (Lipinski definition) is 0. The normalized spacial score (nSPS) is 4.86. The zero-order valence-electron chi connectivity index (χ0n) is 4.88. The van der Waals surface area contributed by atoms with Crippen LogP contribution in [0.2, 0.25) is 0 Å². The van der Waals surface area contributed by atoms with Gasteiger partial charge in [-0.15, -0.1) is 0 Å². The Hall–Kier alpha value is 0.430. The molecule has 0 heterocycles. The van der Waals surface area contributed by atoms with Gasteiger partial charge < -0.3 is 10.4 Å². The molecule has 0 aliphatic heterocycles. The van der Waals surface area contributed by atoms with Crippen molar-refractivity contribution >= 4 is 6.41 Å². The van der Waals surface area contributed by atoms with Gasteiger partial charge in [0.25, 0.3) is 0 Å². The minimum Gasteiger partial charge on any atom is -0.870 e. The van der Waals surface area contributed by atoms with Crippen LogP contribution >= 0.6 is 0 Å². The van der Waals surface area contributed by atoms with Crippen LogP contribution in [0.15, 0.2) is 0 Å². The van der Waals surface area contributed by atoms with Gasteiger partial charge in [0.1, 0.15) is 0 Å². The predicted molar refractivity (Wildman–Crippen MR) is 21.7 cm³/mol. The monoisotopic (exact) mass is 113 g/mol. The summed E-state index contributed by atoms with van der Waals surface area (Å²) in [4.78, 5) is 10.9. The third-order valence-corrected chi connectivity index (χ3v) is 0.211. The zero-order valence-corrected chi connectivity index (χ0v) is 6.88. The van der Waals surface area contributed by atoms with E-state index in [9.17, 15) is 4.79 Å². The molecule has 0 aliphatic carbocycles. The molecule has 38 valence electrons. The van der Waals surface area contributed by atoms with Gasteiger partial charge in [0.2, 0.25) is 6.41 Å². The number of carbonyl (C=O) groups excluding carboxylic acids is 1. The fraction of sp³-hybridized carbons (Fsp3) is 0.667. The molecule has 0 atom stereocenters. The van der Waals surface area contributed by atoms with E-state index in [0.717, 1.165) is 6.41 Å². The molecule has 0 saturated carbocycles. The summed E-state index contributed by atoms with van der Waals surface area (Å²) in [7, 11) is 3.38. The van der Waals surface area contributed by atoms with Gasteiger partial charge in [0.15, 0.2) is 0 Å². The molecule has 0 rings (SSSR count). The average Bonchev–Trinajstić information content (AvgIpc) is 1.38. The van der Waals surface area contributed by atoms with E-state index in [4.69, 9.17) is 0 Å². The van der Waals surface area contributed by atoms with Crippen molar-refractivity contribution < 1.29 is 39.8 Å². The summed E-state index contributed by atoms with van der Waals surface area (Å²) < 4.78 is 0. The van der Waals surface area contributed by atoms with Crippen molar-refractivity contribution in [3.8, 4) is 0 Å². The van der Waals surface area contributed by atoms with E-state index >= 15 is 0 Å². The van der Waals surface area contributed by atoms with Gasteiger partial charge in [-0.25, -0.2) is 0 Å². The molecule has 0 aromatic rings. The van der Waals surface area contributed by atoms with Crippen molar-refractivity contribution in [2.24, 2.45) is 0 Å². The first-order valence-electron chi connectivity index (χ1n) is 1.39. The van der Waals surface area contributed by atoms with Crippen LogP contribution in [0.25, 0.3) is 0 Å². The zero-order chi connectivity index (χ0) is 4.28. The summed E-state index contributed by atoms with van der Waals surface area (Å²) in [6.07, 6.45) is 0.750. The van der Waals surface area contributed by atoms with Crippen LogP contribution in [0.4, 0.5) is 0 Å². The van der Waals surface area contributed by atoms with E-state index in [-0.39, 0.29) is 35.0 Å². The van der Waals surface area contributed by atoms with E-state index in [0.29, 0.717) is 0 Å². The molecule has 0 aromatic heterocycles. The average molecular weight is 113 g/mol. The molecule has 0 aromatic carbocycles. The molecule has 3 nitrogen and oxygen atoms in total. The fourth-order valence-electron chi connectivity index (χ4n) is 0. The van der Waals surface area contributed by atoms with Crippen molar-refractivity contribution in [3.05, 3.63) is 0 Å². The molecule has 0 spiro atoms. The molecule has 0 fully saturated rings. The SMILES string of the molecule is CN(C)C=O.[Na+].[OH-]. The second-order valence-electron chi connectivity index (χ2n) is 1.07. The molecular formula is C3H8NNaO2. The number of carbonyl (C=O) groups is 1. The minimum absolute atomic E-state index is 0. The topological polar surface area (TPSA) is 50.3 Å². The van der Waals surface area contributed by atoms with Gasteiger partial charge >= 0.3 is 29.6 Å². The third kappa shape index (κ3) is 21.4. The Morgan fingerprint density at radius 1 is 1.43 bits per heavy atom. The molecule has 0 radical (unpaired) electrons. The molecule has 1 N–H and O–H groups in total. The molecule has 0 bridgehead atoms. The smallest absolute Gasteiger partial charge is 0.870 e. The van der Waals surface area contributed by atoms with E-state index in [1.165, 1.54) is 4.90 Å². The Morgan fingerprint density at radius 2 is 1.57 bits per heavy atom. The Labute approximate surface area is 65.3 Å². The summed E-state index contributed by atoms with van der Waals surface area (Å²) in [5.41, 5.74) is 0. The third-order valence-electron chi connectivity index (χ3n) is 0.211. The molecule has 0 saturated heterocycles. The maximum Gasteiger partial charge on any atom is 1.00 e. The molecular weight excluding hydrogens is 105 g/mol. The first-order chi connectivity index (χ1) is 2.27. The van der Waals surface area contributed by atoms with Gasteiger partial charge in [-0.1, -0.05) is 0 Å². The van der Waals surface area contributed by atoms with Crippen LogP contribution in [0.3, 0.4) is 0 Å². The van der Waals surface area contributed by atoms with Crippen molar-refractivity contribution in [1.29, 1.82) is 0 Å². The second kappa shape index (κ2) is 9.66. The Morgan fingerprint density at radius 3 is 1.57 bits per heavy atom.